The molecule has 2 aromatic carbocycles. The number of nitrogens with zero attached hydrogens (tertiary/aromatic N) is 2. The highest BCUT2D eigenvalue weighted by atomic mass is 35.5. The number of aromatic nitrogens is 1. The maximum Gasteiger partial charge on any atom is 0.317 e. The standard InChI is InChI=1S/C22H24ClFN4OS/c1-25-17(13-27-10-9-26-22(27)29)8-11-30-21-14-28(18-5-3-16(24)4-6-18)20-7-2-15(23)12-19(20)21/h2-7,12,14,17,25H,8-11,13H2,1H3,(H,26,29). The van der Waals surface area contributed by atoms with E-state index in [0.717, 1.165) is 40.2 Å². The van der Waals surface area contributed by atoms with Crippen molar-refractivity contribution in [3.8, 4) is 5.69 Å². The summed E-state index contributed by atoms with van der Waals surface area (Å²) in [6.45, 7) is 2.17. The summed E-state index contributed by atoms with van der Waals surface area (Å²) >= 11 is 8.03. The lowest BCUT2D eigenvalue weighted by molar-refractivity contribution is 0.212. The summed E-state index contributed by atoms with van der Waals surface area (Å²) in [5.74, 6) is 0.647. The second kappa shape index (κ2) is 9.29. The van der Waals surface area contributed by atoms with Gasteiger partial charge in [-0.05, 0) is 61.7 Å². The number of hydrogen-bond acceptors (Lipinski definition) is 3. The van der Waals surface area contributed by atoms with Crippen LogP contribution in [0.15, 0.2) is 53.6 Å². The molecule has 1 aromatic heterocycles. The van der Waals surface area contributed by atoms with Gasteiger partial charge in [0.05, 0.1) is 5.52 Å². The topological polar surface area (TPSA) is 49.3 Å². The number of benzene rings is 2. The van der Waals surface area contributed by atoms with Gasteiger partial charge in [-0.3, -0.25) is 0 Å². The minimum Gasteiger partial charge on any atom is -0.336 e. The smallest absolute Gasteiger partial charge is 0.317 e. The molecule has 0 aliphatic carbocycles. The van der Waals surface area contributed by atoms with E-state index in [2.05, 4.69) is 21.4 Å². The Morgan fingerprint density at radius 1 is 1.27 bits per heavy atom. The first-order chi connectivity index (χ1) is 14.5. The number of halogens is 2. The second-order valence-electron chi connectivity index (χ2n) is 7.30. The monoisotopic (exact) mass is 446 g/mol. The number of hydrogen-bond donors (Lipinski definition) is 2. The van der Waals surface area contributed by atoms with Gasteiger partial charge in [-0.15, -0.1) is 11.8 Å². The SMILES string of the molecule is CNC(CCSc1cn(-c2ccc(F)cc2)c2ccc(Cl)cc12)CN1CCNC1=O. The summed E-state index contributed by atoms with van der Waals surface area (Å²) < 4.78 is 15.4. The third kappa shape index (κ3) is 4.58. The van der Waals surface area contributed by atoms with Gasteiger partial charge < -0.3 is 20.1 Å². The summed E-state index contributed by atoms with van der Waals surface area (Å²) in [7, 11) is 1.93. The van der Waals surface area contributed by atoms with Crippen molar-refractivity contribution in [1.29, 1.82) is 0 Å². The molecule has 1 unspecified atom stereocenters. The first kappa shape index (κ1) is 21.0. The van der Waals surface area contributed by atoms with Crippen molar-refractivity contribution in [2.24, 2.45) is 0 Å². The maximum absolute atomic E-state index is 13.4. The van der Waals surface area contributed by atoms with Crippen molar-refractivity contribution >= 4 is 40.3 Å². The lowest BCUT2D eigenvalue weighted by Crippen LogP contribution is -2.41. The van der Waals surface area contributed by atoms with Crippen molar-refractivity contribution in [2.75, 3.05) is 32.4 Å². The van der Waals surface area contributed by atoms with E-state index in [9.17, 15) is 9.18 Å². The third-order valence-electron chi connectivity index (χ3n) is 5.35. The van der Waals surface area contributed by atoms with Crippen LogP contribution < -0.4 is 10.6 Å². The molecule has 1 fully saturated rings. The van der Waals surface area contributed by atoms with E-state index in [1.54, 1.807) is 23.9 Å². The second-order valence-corrected chi connectivity index (χ2v) is 8.88. The molecule has 1 aliphatic rings. The number of carbonyl (C=O) groups excluding carboxylic acids is 1. The number of likely N-dealkylation sites (N-methyl/N-ethyl adjacent to an activating group) is 1. The Bertz CT molecular complexity index is 1040. The summed E-state index contributed by atoms with van der Waals surface area (Å²) in [5.41, 5.74) is 1.94. The molecule has 0 bridgehead atoms. The molecule has 2 heterocycles. The quantitative estimate of drug-likeness (QED) is 0.500. The first-order valence-electron chi connectivity index (χ1n) is 9.94. The minimum atomic E-state index is -0.252. The third-order valence-corrected chi connectivity index (χ3v) is 6.66. The van der Waals surface area contributed by atoms with Crippen molar-refractivity contribution in [1.82, 2.24) is 20.1 Å². The maximum atomic E-state index is 13.4. The fourth-order valence-corrected chi connectivity index (χ4v) is 4.99. The molecule has 0 spiro atoms. The van der Waals surface area contributed by atoms with Gasteiger partial charge >= 0.3 is 6.03 Å². The molecule has 5 nitrogen and oxygen atoms in total. The fraction of sp³-hybridized carbons (Fsp3) is 0.318. The normalized spacial score (nSPS) is 15.0. The molecular formula is C22H24ClFN4OS. The molecular weight excluding hydrogens is 423 g/mol. The Morgan fingerprint density at radius 2 is 2.07 bits per heavy atom. The molecule has 1 aliphatic heterocycles. The van der Waals surface area contributed by atoms with E-state index in [1.807, 2.05) is 30.1 Å². The van der Waals surface area contributed by atoms with Crippen LogP contribution in [-0.2, 0) is 0 Å². The molecule has 8 heteroatoms. The summed E-state index contributed by atoms with van der Waals surface area (Å²) in [5, 5.41) is 7.93. The highest BCUT2D eigenvalue weighted by molar-refractivity contribution is 7.99. The molecule has 4 rings (SSSR count). The highest BCUT2D eigenvalue weighted by Gasteiger charge is 2.22. The predicted octanol–water partition coefficient (Wildman–Crippen LogP) is 4.52. The van der Waals surface area contributed by atoms with Crippen molar-refractivity contribution < 1.29 is 9.18 Å². The zero-order valence-corrected chi connectivity index (χ0v) is 18.3. The average molecular weight is 447 g/mol. The van der Waals surface area contributed by atoms with Crippen LogP contribution >= 0.6 is 23.4 Å². The zero-order chi connectivity index (χ0) is 21.1. The van der Waals surface area contributed by atoms with Crippen LogP contribution in [0.25, 0.3) is 16.6 Å². The zero-order valence-electron chi connectivity index (χ0n) is 16.7. The number of urea groups is 1. The highest BCUT2D eigenvalue weighted by Crippen LogP contribution is 2.34. The van der Waals surface area contributed by atoms with Gasteiger partial charge in [0.15, 0.2) is 0 Å². The number of nitrogens with one attached hydrogen (secondary N) is 2. The number of amides is 2. The summed E-state index contributed by atoms with van der Waals surface area (Å²) in [6.07, 6.45) is 3.01. The molecule has 158 valence electrons. The van der Waals surface area contributed by atoms with E-state index >= 15 is 0 Å². The van der Waals surface area contributed by atoms with Crippen LogP contribution in [0.3, 0.4) is 0 Å². The Hall–Kier alpha value is -2.22. The Labute approximate surface area is 184 Å². The largest absolute Gasteiger partial charge is 0.336 e. The number of carbonyl (C=O) groups is 1. The molecule has 0 saturated carbocycles. The number of rotatable bonds is 8. The van der Waals surface area contributed by atoms with Gasteiger partial charge in [-0.2, -0.15) is 0 Å². The van der Waals surface area contributed by atoms with Crippen LogP contribution in [0.4, 0.5) is 9.18 Å². The predicted molar refractivity (Wildman–Crippen MR) is 121 cm³/mol. The lowest BCUT2D eigenvalue weighted by Gasteiger charge is -2.22. The van der Waals surface area contributed by atoms with E-state index in [1.165, 1.54) is 12.1 Å². The fourth-order valence-electron chi connectivity index (χ4n) is 3.69. The molecule has 0 radical (unpaired) electrons. The van der Waals surface area contributed by atoms with Crippen LogP contribution in [0, 0.1) is 5.82 Å². The minimum absolute atomic E-state index is 0.0138. The van der Waals surface area contributed by atoms with Crippen LogP contribution in [0.5, 0.6) is 0 Å². The lowest BCUT2D eigenvalue weighted by atomic mass is 10.2. The van der Waals surface area contributed by atoms with Crippen molar-refractivity contribution in [3.05, 3.63) is 59.5 Å². The number of thioether (sulfide) groups is 1. The van der Waals surface area contributed by atoms with E-state index < -0.39 is 0 Å². The molecule has 1 saturated heterocycles. The van der Waals surface area contributed by atoms with E-state index in [-0.39, 0.29) is 17.9 Å². The van der Waals surface area contributed by atoms with Crippen LogP contribution in [0.1, 0.15) is 6.42 Å². The first-order valence-corrected chi connectivity index (χ1v) is 11.3. The molecule has 3 aromatic rings. The van der Waals surface area contributed by atoms with E-state index in [4.69, 9.17) is 11.6 Å². The van der Waals surface area contributed by atoms with Gasteiger partial charge in [0.1, 0.15) is 5.82 Å². The van der Waals surface area contributed by atoms with Gasteiger partial charge in [-0.1, -0.05) is 11.6 Å². The summed E-state index contributed by atoms with van der Waals surface area (Å²) in [4.78, 5) is 14.8. The van der Waals surface area contributed by atoms with E-state index in [0.29, 0.717) is 18.1 Å². The van der Waals surface area contributed by atoms with Crippen molar-refractivity contribution in [3.63, 3.8) is 0 Å². The Balaban J connectivity index is 1.50. The molecule has 2 N–H and O–H groups in total. The molecule has 1 atom stereocenters. The van der Waals surface area contributed by atoms with Gasteiger partial charge in [0.25, 0.3) is 0 Å². The van der Waals surface area contributed by atoms with Crippen LogP contribution in [0.2, 0.25) is 5.02 Å². The van der Waals surface area contributed by atoms with Crippen molar-refractivity contribution in [2.45, 2.75) is 17.4 Å². The van der Waals surface area contributed by atoms with Gasteiger partial charge in [0.2, 0.25) is 0 Å². The summed E-state index contributed by atoms with van der Waals surface area (Å²) in [6, 6.07) is 12.6. The average Bonchev–Trinajstić information content (AvgIpc) is 3.31. The van der Waals surface area contributed by atoms with Gasteiger partial charge in [0, 0.05) is 52.9 Å². The van der Waals surface area contributed by atoms with Gasteiger partial charge in [-0.25, -0.2) is 9.18 Å². The molecule has 2 amide bonds. The Kier molecular flexibility index (Phi) is 6.51. The van der Waals surface area contributed by atoms with Crippen LogP contribution in [-0.4, -0.2) is 54.0 Å². The number of fused-ring (bicyclic) bond motifs is 1. The molecule has 30 heavy (non-hydrogen) atoms. The Morgan fingerprint density at radius 3 is 2.77 bits per heavy atom.